The van der Waals surface area contributed by atoms with Crippen LogP contribution < -0.4 is 0 Å². The lowest BCUT2D eigenvalue weighted by molar-refractivity contribution is -0.154. The van der Waals surface area contributed by atoms with Crippen LogP contribution in [0, 0.1) is 0 Å². The minimum absolute atomic E-state index is 0.0697. The van der Waals surface area contributed by atoms with Crippen molar-refractivity contribution in [2.75, 3.05) is 13.2 Å². The van der Waals surface area contributed by atoms with Crippen molar-refractivity contribution in [3.8, 4) is 0 Å². The van der Waals surface area contributed by atoms with Gasteiger partial charge in [0.1, 0.15) is 0 Å². The second kappa shape index (κ2) is 14.3. The summed E-state index contributed by atoms with van der Waals surface area (Å²) in [5, 5.41) is 8.71. The van der Waals surface area contributed by atoms with Crippen LogP contribution in [0.3, 0.4) is 0 Å². The van der Waals surface area contributed by atoms with Gasteiger partial charge in [0.2, 0.25) is 0 Å². The van der Waals surface area contributed by atoms with Crippen molar-refractivity contribution in [3.05, 3.63) is 24.3 Å². The number of hydrogen-bond donors (Lipinski definition) is 1. The highest BCUT2D eigenvalue weighted by atomic mass is 16.7. The van der Waals surface area contributed by atoms with Crippen molar-refractivity contribution >= 4 is 5.97 Å². The molecule has 0 aliphatic carbocycles. The number of aliphatic carboxylic acids is 1. The van der Waals surface area contributed by atoms with Gasteiger partial charge in [-0.25, -0.2) is 0 Å². The summed E-state index contributed by atoms with van der Waals surface area (Å²) in [5.41, 5.74) is 0. The Labute approximate surface area is 122 Å². The normalized spacial score (nSPS) is 11.9. The van der Waals surface area contributed by atoms with Gasteiger partial charge in [-0.05, 0) is 25.7 Å². The van der Waals surface area contributed by atoms with Crippen molar-refractivity contribution in [3.63, 3.8) is 0 Å². The highest BCUT2D eigenvalue weighted by Gasteiger charge is 2.11. The zero-order valence-corrected chi connectivity index (χ0v) is 12.7. The largest absolute Gasteiger partial charge is 0.481 e. The molecule has 0 aromatic carbocycles. The van der Waals surface area contributed by atoms with Crippen LogP contribution in [0.15, 0.2) is 24.3 Å². The van der Waals surface area contributed by atoms with E-state index in [1.165, 1.54) is 0 Å². The van der Waals surface area contributed by atoms with Gasteiger partial charge >= 0.3 is 5.97 Å². The molecule has 0 saturated heterocycles. The lowest BCUT2D eigenvalue weighted by atomic mass is 10.3. The first-order valence-corrected chi connectivity index (χ1v) is 7.45. The molecule has 0 aliphatic rings. The predicted octanol–water partition coefficient (Wildman–Crippen LogP) is 3.92. The first-order valence-electron chi connectivity index (χ1n) is 7.45. The molecule has 0 saturated carbocycles. The van der Waals surface area contributed by atoms with Crippen LogP contribution in [0.2, 0.25) is 0 Å². The molecule has 0 radical (unpaired) electrons. The summed E-state index contributed by atoms with van der Waals surface area (Å²) >= 11 is 0. The standard InChI is InChI=1S/C16H28O4/c1-3-5-7-9-13-19-16(12-11-15(17)18)20-14-10-8-6-4-2/h5-8,16H,3-4,9-14H2,1-2H3,(H,17,18)/b7-5-,8-6-. The topological polar surface area (TPSA) is 55.8 Å². The van der Waals surface area contributed by atoms with Crippen LogP contribution in [0.25, 0.3) is 0 Å². The van der Waals surface area contributed by atoms with E-state index in [4.69, 9.17) is 14.6 Å². The average molecular weight is 284 g/mol. The van der Waals surface area contributed by atoms with E-state index < -0.39 is 12.3 Å². The van der Waals surface area contributed by atoms with Crippen molar-refractivity contribution in [1.29, 1.82) is 0 Å². The van der Waals surface area contributed by atoms with Crippen molar-refractivity contribution in [2.24, 2.45) is 0 Å². The molecule has 0 fully saturated rings. The molecule has 0 amide bonds. The van der Waals surface area contributed by atoms with Crippen LogP contribution in [-0.4, -0.2) is 30.6 Å². The highest BCUT2D eigenvalue weighted by molar-refractivity contribution is 5.66. The Hall–Kier alpha value is -1.13. The smallest absolute Gasteiger partial charge is 0.303 e. The Kier molecular flexibility index (Phi) is 13.5. The Morgan fingerprint density at radius 3 is 1.90 bits per heavy atom. The summed E-state index contributed by atoms with van der Waals surface area (Å²) in [6.07, 6.45) is 12.0. The molecule has 0 aliphatic heterocycles. The van der Waals surface area contributed by atoms with Gasteiger partial charge in [0.15, 0.2) is 6.29 Å². The monoisotopic (exact) mass is 284 g/mol. The summed E-state index contributed by atoms with van der Waals surface area (Å²) in [4.78, 5) is 10.6. The van der Waals surface area contributed by atoms with Crippen LogP contribution >= 0.6 is 0 Å². The molecule has 20 heavy (non-hydrogen) atoms. The third-order valence-electron chi connectivity index (χ3n) is 2.58. The Balaban J connectivity index is 3.90. The summed E-state index contributed by atoms with van der Waals surface area (Å²) in [6, 6.07) is 0. The van der Waals surface area contributed by atoms with E-state index in [0.717, 1.165) is 25.7 Å². The molecule has 0 spiro atoms. The van der Waals surface area contributed by atoms with Gasteiger partial charge in [-0.1, -0.05) is 38.2 Å². The van der Waals surface area contributed by atoms with Gasteiger partial charge in [-0.15, -0.1) is 0 Å². The van der Waals surface area contributed by atoms with E-state index in [2.05, 4.69) is 38.2 Å². The third-order valence-corrected chi connectivity index (χ3v) is 2.58. The number of carboxylic acids is 1. The molecule has 4 heteroatoms. The van der Waals surface area contributed by atoms with Crippen molar-refractivity contribution in [1.82, 2.24) is 0 Å². The summed E-state index contributed by atoms with van der Waals surface area (Å²) in [5.74, 6) is -0.820. The van der Waals surface area contributed by atoms with Gasteiger partial charge < -0.3 is 14.6 Å². The third kappa shape index (κ3) is 13.3. The fraction of sp³-hybridized carbons (Fsp3) is 0.688. The molecule has 0 aromatic rings. The second-order valence-corrected chi connectivity index (χ2v) is 4.44. The molecule has 0 heterocycles. The van der Waals surface area contributed by atoms with Gasteiger partial charge in [0.25, 0.3) is 0 Å². The SMILES string of the molecule is CC/C=C\CCOC(CCC(=O)O)OCC/C=C\CC. The molecule has 0 atom stereocenters. The quantitative estimate of drug-likeness (QED) is 0.316. The second-order valence-electron chi connectivity index (χ2n) is 4.44. The average Bonchev–Trinajstić information content (AvgIpc) is 2.43. The Morgan fingerprint density at radius 1 is 1.00 bits per heavy atom. The van der Waals surface area contributed by atoms with Crippen molar-refractivity contribution < 1.29 is 19.4 Å². The first-order chi connectivity index (χ1) is 9.70. The van der Waals surface area contributed by atoms with E-state index in [9.17, 15) is 4.79 Å². The Morgan fingerprint density at radius 2 is 1.50 bits per heavy atom. The minimum atomic E-state index is -0.820. The highest BCUT2D eigenvalue weighted by Crippen LogP contribution is 2.07. The van der Waals surface area contributed by atoms with E-state index in [0.29, 0.717) is 19.6 Å². The van der Waals surface area contributed by atoms with Gasteiger partial charge in [-0.3, -0.25) is 4.79 Å². The molecular formula is C16H28O4. The summed E-state index contributed by atoms with van der Waals surface area (Å²) in [6.45, 7) is 5.29. The molecule has 0 aromatic heterocycles. The van der Waals surface area contributed by atoms with E-state index in [-0.39, 0.29) is 6.42 Å². The van der Waals surface area contributed by atoms with E-state index in [1.54, 1.807) is 0 Å². The maximum atomic E-state index is 10.6. The molecule has 116 valence electrons. The van der Waals surface area contributed by atoms with Gasteiger partial charge in [0.05, 0.1) is 19.6 Å². The molecule has 1 N–H and O–H groups in total. The Bertz CT molecular complexity index is 264. The molecule has 4 nitrogen and oxygen atoms in total. The number of allylic oxidation sites excluding steroid dienone is 2. The number of carboxylic acid groups (broad SMARTS) is 1. The maximum absolute atomic E-state index is 10.6. The van der Waals surface area contributed by atoms with Crippen LogP contribution in [0.4, 0.5) is 0 Å². The zero-order valence-electron chi connectivity index (χ0n) is 12.7. The van der Waals surface area contributed by atoms with Crippen LogP contribution in [-0.2, 0) is 14.3 Å². The summed E-state index contributed by atoms with van der Waals surface area (Å²) < 4.78 is 11.2. The van der Waals surface area contributed by atoms with Gasteiger partial charge in [-0.2, -0.15) is 0 Å². The first kappa shape index (κ1) is 18.9. The predicted molar refractivity (Wildman–Crippen MR) is 80.7 cm³/mol. The zero-order chi connectivity index (χ0) is 15.1. The molecular weight excluding hydrogens is 256 g/mol. The fourth-order valence-electron chi connectivity index (χ4n) is 1.56. The maximum Gasteiger partial charge on any atom is 0.303 e. The fourth-order valence-corrected chi connectivity index (χ4v) is 1.56. The minimum Gasteiger partial charge on any atom is -0.481 e. The van der Waals surface area contributed by atoms with Crippen LogP contribution in [0.1, 0.15) is 52.4 Å². The number of ether oxygens (including phenoxy) is 2. The number of rotatable bonds is 13. The summed E-state index contributed by atoms with van der Waals surface area (Å²) in [7, 11) is 0. The molecule has 0 rings (SSSR count). The lowest BCUT2D eigenvalue weighted by Gasteiger charge is -2.17. The van der Waals surface area contributed by atoms with E-state index >= 15 is 0 Å². The molecule has 0 bridgehead atoms. The number of carbonyl (C=O) groups is 1. The van der Waals surface area contributed by atoms with Crippen molar-refractivity contribution in [2.45, 2.75) is 58.7 Å². The molecule has 0 unspecified atom stereocenters. The number of hydrogen-bond acceptors (Lipinski definition) is 3. The van der Waals surface area contributed by atoms with Crippen LogP contribution in [0.5, 0.6) is 0 Å². The lowest BCUT2D eigenvalue weighted by Crippen LogP contribution is -2.20. The van der Waals surface area contributed by atoms with Gasteiger partial charge in [0, 0.05) is 6.42 Å². The van der Waals surface area contributed by atoms with E-state index in [1.807, 2.05) is 0 Å².